The molecule has 1 aliphatic rings. The van der Waals surface area contributed by atoms with E-state index >= 15 is 0 Å². The number of nitrogens with two attached hydrogens (primary N) is 1. The van der Waals surface area contributed by atoms with Crippen LogP contribution in [-0.2, 0) is 9.59 Å². The van der Waals surface area contributed by atoms with Gasteiger partial charge in [0.2, 0.25) is 11.8 Å². The average molecular weight is 283 g/mol. The monoisotopic (exact) mass is 283 g/mol. The number of hydrogen-bond acceptors (Lipinski definition) is 3. The first kappa shape index (κ1) is 17.0. The number of carbonyl (C=O) groups is 2. The van der Waals surface area contributed by atoms with Crippen molar-refractivity contribution in [2.45, 2.75) is 58.9 Å². The molecule has 0 aromatic carbocycles. The number of nitrogens with one attached hydrogen (secondary N) is 1. The van der Waals surface area contributed by atoms with E-state index in [-0.39, 0.29) is 17.9 Å². The molecule has 1 atom stereocenters. The molecule has 0 aromatic heterocycles. The SMILES string of the molecule is CCCC(=O)NC1CCN(C(=O)C(C)(CC)CN)CC1. The summed E-state index contributed by atoms with van der Waals surface area (Å²) in [5.74, 6) is 0.276. The van der Waals surface area contributed by atoms with Gasteiger partial charge in [-0.3, -0.25) is 9.59 Å². The Labute approximate surface area is 122 Å². The molecular weight excluding hydrogens is 254 g/mol. The Balaban J connectivity index is 2.46. The Kier molecular flexibility index (Phi) is 6.46. The molecule has 0 radical (unpaired) electrons. The van der Waals surface area contributed by atoms with E-state index < -0.39 is 5.41 Å². The van der Waals surface area contributed by atoms with E-state index in [2.05, 4.69) is 5.32 Å². The Morgan fingerprint density at radius 2 is 1.90 bits per heavy atom. The van der Waals surface area contributed by atoms with Gasteiger partial charge in [0.1, 0.15) is 0 Å². The lowest BCUT2D eigenvalue weighted by molar-refractivity contribution is -0.142. The van der Waals surface area contributed by atoms with Gasteiger partial charge >= 0.3 is 0 Å². The molecule has 2 amide bonds. The highest BCUT2D eigenvalue weighted by Gasteiger charge is 2.35. The molecular formula is C15H29N3O2. The summed E-state index contributed by atoms with van der Waals surface area (Å²) >= 11 is 0. The summed E-state index contributed by atoms with van der Waals surface area (Å²) in [5.41, 5.74) is 5.30. The van der Waals surface area contributed by atoms with Crippen LogP contribution in [0.25, 0.3) is 0 Å². The second-order valence-electron chi connectivity index (χ2n) is 6.00. The van der Waals surface area contributed by atoms with Crippen LogP contribution in [0, 0.1) is 5.41 Å². The van der Waals surface area contributed by atoms with Crippen LogP contribution in [-0.4, -0.2) is 42.4 Å². The summed E-state index contributed by atoms with van der Waals surface area (Å²) in [4.78, 5) is 25.9. The highest BCUT2D eigenvalue weighted by atomic mass is 16.2. The topological polar surface area (TPSA) is 75.4 Å². The number of piperidine rings is 1. The molecule has 0 saturated carbocycles. The van der Waals surface area contributed by atoms with Gasteiger partial charge in [0.05, 0.1) is 5.41 Å². The van der Waals surface area contributed by atoms with Gasteiger partial charge in [-0.2, -0.15) is 0 Å². The molecule has 1 aliphatic heterocycles. The molecule has 0 bridgehead atoms. The Morgan fingerprint density at radius 1 is 1.30 bits per heavy atom. The van der Waals surface area contributed by atoms with Crippen molar-refractivity contribution >= 4 is 11.8 Å². The zero-order valence-electron chi connectivity index (χ0n) is 13.1. The van der Waals surface area contributed by atoms with E-state index in [4.69, 9.17) is 5.73 Å². The second kappa shape index (κ2) is 7.62. The van der Waals surface area contributed by atoms with Crippen LogP contribution in [0.4, 0.5) is 0 Å². The molecule has 1 fully saturated rings. The lowest BCUT2D eigenvalue weighted by Crippen LogP contribution is -2.52. The highest BCUT2D eigenvalue weighted by Crippen LogP contribution is 2.24. The van der Waals surface area contributed by atoms with Crippen molar-refractivity contribution in [1.82, 2.24) is 10.2 Å². The third kappa shape index (κ3) is 4.20. The third-order valence-corrected chi connectivity index (χ3v) is 4.37. The quantitative estimate of drug-likeness (QED) is 0.771. The van der Waals surface area contributed by atoms with Crippen molar-refractivity contribution in [2.75, 3.05) is 19.6 Å². The zero-order chi connectivity index (χ0) is 15.2. The van der Waals surface area contributed by atoms with Gasteiger partial charge in [-0.1, -0.05) is 13.8 Å². The standard InChI is InChI=1S/C15H29N3O2/c1-4-6-13(19)17-12-7-9-18(10-8-12)14(20)15(3,5-2)11-16/h12H,4-11,16H2,1-3H3,(H,17,19). The molecule has 1 saturated heterocycles. The molecule has 116 valence electrons. The van der Waals surface area contributed by atoms with Crippen molar-refractivity contribution in [2.24, 2.45) is 11.1 Å². The first-order valence-corrected chi connectivity index (χ1v) is 7.75. The van der Waals surface area contributed by atoms with E-state index in [1.54, 1.807) is 0 Å². The lowest BCUT2D eigenvalue weighted by Gasteiger charge is -2.37. The Bertz CT molecular complexity index is 332. The van der Waals surface area contributed by atoms with Crippen molar-refractivity contribution in [1.29, 1.82) is 0 Å². The third-order valence-electron chi connectivity index (χ3n) is 4.37. The minimum atomic E-state index is -0.446. The van der Waals surface area contributed by atoms with Crippen LogP contribution in [0.15, 0.2) is 0 Å². The predicted octanol–water partition coefficient (Wildman–Crippen LogP) is 1.27. The van der Waals surface area contributed by atoms with Crippen LogP contribution in [0.5, 0.6) is 0 Å². The number of nitrogens with zero attached hydrogens (tertiary/aromatic N) is 1. The molecule has 5 nitrogen and oxygen atoms in total. The van der Waals surface area contributed by atoms with E-state index in [1.165, 1.54) is 0 Å². The van der Waals surface area contributed by atoms with Gasteiger partial charge in [0.15, 0.2) is 0 Å². The molecule has 1 unspecified atom stereocenters. The van der Waals surface area contributed by atoms with Gasteiger partial charge < -0.3 is 16.0 Å². The molecule has 0 spiro atoms. The number of amides is 2. The van der Waals surface area contributed by atoms with Crippen LogP contribution in [0.2, 0.25) is 0 Å². The van der Waals surface area contributed by atoms with Gasteiger partial charge in [-0.15, -0.1) is 0 Å². The Hall–Kier alpha value is -1.10. The molecule has 1 rings (SSSR count). The van der Waals surface area contributed by atoms with Crippen molar-refractivity contribution in [3.8, 4) is 0 Å². The van der Waals surface area contributed by atoms with Crippen LogP contribution in [0.1, 0.15) is 52.9 Å². The van der Waals surface area contributed by atoms with Gasteiger partial charge in [0, 0.05) is 32.1 Å². The predicted molar refractivity (Wildman–Crippen MR) is 80.1 cm³/mol. The molecule has 0 aliphatic carbocycles. The zero-order valence-corrected chi connectivity index (χ0v) is 13.1. The van der Waals surface area contributed by atoms with Gasteiger partial charge in [0.25, 0.3) is 0 Å². The largest absolute Gasteiger partial charge is 0.353 e. The maximum Gasteiger partial charge on any atom is 0.229 e. The number of likely N-dealkylation sites (tertiary alicyclic amines) is 1. The smallest absolute Gasteiger partial charge is 0.229 e. The minimum Gasteiger partial charge on any atom is -0.353 e. The maximum atomic E-state index is 12.5. The van der Waals surface area contributed by atoms with Gasteiger partial charge in [-0.05, 0) is 32.6 Å². The van der Waals surface area contributed by atoms with Crippen LogP contribution in [0.3, 0.4) is 0 Å². The Morgan fingerprint density at radius 3 is 2.35 bits per heavy atom. The minimum absolute atomic E-state index is 0.123. The van der Waals surface area contributed by atoms with Crippen LogP contribution >= 0.6 is 0 Å². The lowest BCUT2D eigenvalue weighted by atomic mass is 9.85. The summed E-state index contributed by atoms with van der Waals surface area (Å²) in [7, 11) is 0. The van der Waals surface area contributed by atoms with E-state index in [0.29, 0.717) is 26.1 Å². The summed E-state index contributed by atoms with van der Waals surface area (Å²) in [6, 6.07) is 0.212. The summed E-state index contributed by atoms with van der Waals surface area (Å²) in [5, 5.41) is 3.04. The van der Waals surface area contributed by atoms with Crippen molar-refractivity contribution in [3.05, 3.63) is 0 Å². The molecule has 5 heteroatoms. The van der Waals surface area contributed by atoms with Gasteiger partial charge in [-0.25, -0.2) is 0 Å². The fraction of sp³-hybridized carbons (Fsp3) is 0.867. The average Bonchev–Trinajstić information content (AvgIpc) is 2.46. The second-order valence-corrected chi connectivity index (χ2v) is 6.00. The van der Waals surface area contributed by atoms with E-state index in [0.717, 1.165) is 25.7 Å². The number of hydrogen-bond donors (Lipinski definition) is 2. The van der Waals surface area contributed by atoms with Crippen LogP contribution < -0.4 is 11.1 Å². The summed E-state index contributed by atoms with van der Waals surface area (Å²) in [6.45, 7) is 7.75. The summed E-state index contributed by atoms with van der Waals surface area (Å²) in [6.07, 6.45) is 3.89. The van der Waals surface area contributed by atoms with E-state index in [1.807, 2.05) is 25.7 Å². The maximum absolute atomic E-state index is 12.5. The normalized spacial score (nSPS) is 19.5. The fourth-order valence-electron chi connectivity index (χ4n) is 2.52. The fourth-order valence-corrected chi connectivity index (χ4v) is 2.52. The highest BCUT2D eigenvalue weighted by molar-refractivity contribution is 5.82. The first-order chi connectivity index (χ1) is 9.46. The number of rotatable bonds is 6. The molecule has 0 aromatic rings. The molecule has 1 heterocycles. The van der Waals surface area contributed by atoms with Crippen molar-refractivity contribution in [3.63, 3.8) is 0 Å². The molecule has 3 N–H and O–H groups in total. The summed E-state index contributed by atoms with van der Waals surface area (Å²) < 4.78 is 0. The first-order valence-electron chi connectivity index (χ1n) is 7.75. The van der Waals surface area contributed by atoms with E-state index in [9.17, 15) is 9.59 Å². The molecule has 20 heavy (non-hydrogen) atoms. The number of carbonyl (C=O) groups excluding carboxylic acids is 2. The van der Waals surface area contributed by atoms with Crippen molar-refractivity contribution < 1.29 is 9.59 Å².